The molecule has 0 bridgehead atoms. The SMILES string of the molecule is CC1(C)OB(C(=Cc2cc(N)cc(F)c2)CNC(=O)OCC2c3ccccc3-c3ccccc32)OC1(C)C. The van der Waals surface area contributed by atoms with Crippen LogP contribution in [-0.4, -0.2) is 37.6 Å². The number of carbonyl (C=O) groups excluding carboxylic acids is 1. The summed E-state index contributed by atoms with van der Waals surface area (Å²) in [6.07, 6.45) is 1.17. The summed E-state index contributed by atoms with van der Waals surface area (Å²) < 4.78 is 32.1. The summed E-state index contributed by atoms with van der Waals surface area (Å²) in [5.41, 5.74) is 10.7. The van der Waals surface area contributed by atoms with Crippen LogP contribution in [0, 0.1) is 5.82 Å². The second kappa shape index (κ2) is 9.93. The summed E-state index contributed by atoms with van der Waals surface area (Å²) >= 11 is 0. The van der Waals surface area contributed by atoms with Crippen LogP contribution in [0.5, 0.6) is 0 Å². The second-order valence-electron chi connectivity index (χ2n) is 10.8. The van der Waals surface area contributed by atoms with Crippen molar-refractivity contribution in [1.29, 1.82) is 0 Å². The second-order valence-corrected chi connectivity index (χ2v) is 10.8. The number of alkyl carbamates (subject to hydrolysis) is 1. The average Bonchev–Trinajstić information content (AvgIpc) is 3.29. The van der Waals surface area contributed by atoms with E-state index in [1.165, 1.54) is 12.1 Å². The number of rotatable bonds is 6. The molecule has 0 aromatic heterocycles. The lowest BCUT2D eigenvalue weighted by Gasteiger charge is -2.32. The van der Waals surface area contributed by atoms with E-state index in [0.717, 1.165) is 22.3 Å². The van der Waals surface area contributed by atoms with Crippen molar-refractivity contribution in [3.8, 4) is 11.1 Å². The number of anilines is 1. The molecular formula is C30H32BFN2O4. The maximum absolute atomic E-state index is 14.0. The van der Waals surface area contributed by atoms with E-state index in [0.29, 0.717) is 16.7 Å². The van der Waals surface area contributed by atoms with Gasteiger partial charge in [-0.1, -0.05) is 54.6 Å². The van der Waals surface area contributed by atoms with Crippen LogP contribution in [0.15, 0.2) is 72.2 Å². The smallest absolute Gasteiger partial charge is 0.449 e. The fourth-order valence-electron chi connectivity index (χ4n) is 4.95. The number of nitrogens with one attached hydrogen (secondary N) is 1. The van der Waals surface area contributed by atoms with E-state index in [-0.39, 0.29) is 19.1 Å². The molecule has 1 aliphatic heterocycles. The predicted octanol–water partition coefficient (Wildman–Crippen LogP) is 5.96. The summed E-state index contributed by atoms with van der Waals surface area (Å²) in [6.45, 7) is 8.08. The molecule has 3 N–H and O–H groups in total. The van der Waals surface area contributed by atoms with E-state index in [2.05, 4.69) is 29.6 Å². The minimum atomic E-state index is -0.738. The molecule has 1 saturated heterocycles. The van der Waals surface area contributed by atoms with Gasteiger partial charge in [-0.3, -0.25) is 0 Å². The Balaban J connectivity index is 1.31. The number of hydrogen-bond donors (Lipinski definition) is 2. The lowest BCUT2D eigenvalue weighted by Crippen LogP contribution is -2.41. The molecule has 0 atom stereocenters. The molecule has 38 heavy (non-hydrogen) atoms. The zero-order valence-corrected chi connectivity index (χ0v) is 22.1. The molecular weight excluding hydrogens is 482 g/mol. The van der Waals surface area contributed by atoms with Crippen LogP contribution in [0.2, 0.25) is 0 Å². The highest BCUT2D eigenvalue weighted by Crippen LogP contribution is 2.44. The quantitative estimate of drug-likeness (QED) is 0.313. The normalized spacial score (nSPS) is 17.7. The van der Waals surface area contributed by atoms with Crippen molar-refractivity contribution in [2.45, 2.75) is 44.8 Å². The van der Waals surface area contributed by atoms with Gasteiger partial charge in [-0.15, -0.1) is 0 Å². The largest absolute Gasteiger partial charge is 0.492 e. The van der Waals surface area contributed by atoms with E-state index >= 15 is 0 Å². The summed E-state index contributed by atoms with van der Waals surface area (Å²) in [5, 5.41) is 2.82. The molecule has 0 saturated carbocycles. The summed E-state index contributed by atoms with van der Waals surface area (Å²) in [7, 11) is -0.738. The van der Waals surface area contributed by atoms with Crippen LogP contribution in [0.4, 0.5) is 14.9 Å². The number of benzene rings is 3. The Morgan fingerprint density at radius 1 is 1.00 bits per heavy atom. The van der Waals surface area contributed by atoms with Crippen molar-refractivity contribution < 1.29 is 23.2 Å². The average molecular weight is 514 g/mol. The standard InChI is InChI=1S/C30H32BFN2O4/c1-29(2)30(3,4)38-31(37-29)20(13-19-14-21(32)16-22(33)15-19)17-34-28(35)36-18-27-25-11-7-5-9-23(25)24-10-6-8-12-26(24)27/h5-16,27H,17-18,33H2,1-4H3,(H,34,35). The van der Waals surface area contributed by atoms with Crippen molar-refractivity contribution in [2.24, 2.45) is 0 Å². The van der Waals surface area contributed by atoms with E-state index in [9.17, 15) is 9.18 Å². The topological polar surface area (TPSA) is 82.8 Å². The molecule has 6 nitrogen and oxygen atoms in total. The molecule has 1 heterocycles. The van der Waals surface area contributed by atoms with Gasteiger partial charge in [-0.2, -0.15) is 0 Å². The van der Waals surface area contributed by atoms with Gasteiger partial charge < -0.3 is 25.1 Å². The molecule has 1 fully saturated rings. The lowest BCUT2D eigenvalue weighted by atomic mass is 9.77. The Bertz CT molecular complexity index is 1320. The molecule has 8 heteroatoms. The van der Waals surface area contributed by atoms with Crippen LogP contribution in [0.1, 0.15) is 50.3 Å². The first-order chi connectivity index (χ1) is 18.0. The number of amides is 1. The van der Waals surface area contributed by atoms with Gasteiger partial charge in [0.1, 0.15) is 12.4 Å². The van der Waals surface area contributed by atoms with Crippen LogP contribution in [-0.2, 0) is 14.0 Å². The molecule has 0 unspecified atom stereocenters. The van der Waals surface area contributed by atoms with Gasteiger partial charge in [0.05, 0.1) is 11.2 Å². The molecule has 3 aromatic rings. The van der Waals surface area contributed by atoms with E-state index < -0.39 is 30.2 Å². The van der Waals surface area contributed by atoms with Crippen molar-refractivity contribution in [2.75, 3.05) is 18.9 Å². The van der Waals surface area contributed by atoms with Crippen LogP contribution in [0.25, 0.3) is 17.2 Å². The molecule has 2 aliphatic rings. The zero-order chi connectivity index (χ0) is 27.1. The third-order valence-corrected chi connectivity index (χ3v) is 7.63. The van der Waals surface area contributed by atoms with E-state index in [4.69, 9.17) is 19.8 Å². The van der Waals surface area contributed by atoms with E-state index in [1.807, 2.05) is 52.0 Å². The number of halogens is 1. The predicted molar refractivity (Wildman–Crippen MR) is 148 cm³/mol. The van der Waals surface area contributed by atoms with Gasteiger partial charge in [-0.25, -0.2) is 9.18 Å². The number of nitrogens with two attached hydrogens (primary N) is 1. The van der Waals surface area contributed by atoms with Crippen LogP contribution in [0.3, 0.4) is 0 Å². The molecule has 1 aliphatic carbocycles. The van der Waals surface area contributed by atoms with Gasteiger partial charge in [0, 0.05) is 18.2 Å². The summed E-state index contributed by atoms with van der Waals surface area (Å²) in [5.74, 6) is -0.490. The number of carbonyl (C=O) groups is 1. The third kappa shape index (κ3) is 5.06. The first-order valence-corrected chi connectivity index (χ1v) is 12.7. The molecule has 3 aromatic carbocycles. The van der Waals surface area contributed by atoms with Crippen molar-refractivity contribution in [1.82, 2.24) is 5.32 Å². The fourth-order valence-corrected chi connectivity index (χ4v) is 4.95. The van der Waals surface area contributed by atoms with E-state index in [1.54, 1.807) is 12.1 Å². The first kappa shape index (κ1) is 26.0. The number of hydrogen-bond acceptors (Lipinski definition) is 5. The Hall–Kier alpha value is -3.62. The Morgan fingerprint density at radius 2 is 1.58 bits per heavy atom. The highest BCUT2D eigenvalue weighted by atomic mass is 19.1. The van der Waals surface area contributed by atoms with Crippen molar-refractivity contribution in [3.63, 3.8) is 0 Å². The minimum absolute atomic E-state index is 0.0403. The Kier molecular flexibility index (Phi) is 6.80. The molecule has 5 rings (SSSR count). The summed E-state index contributed by atoms with van der Waals surface area (Å²) in [4.78, 5) is 12.8. The summed E-state index contributed by atoms with van der Waals surface area (Å²) in [6, 6.07) is 20.6. The maximum Gasteiger partial charge on any atom is 0.492 e. The maximum atomic E-state index is 14.0. The molecule has 1 amide bonds. The van der Waals surface area contributed by atoms with Gasteiger partial charge in [-0.05, 0) is 79.2 Å². The highest BCUT2D eigenvalue weighted by Gasteiger charge is 2.52. The fraction of sp³-hybridized carbons (Fsp3) is 0.300. The third-order valence-electron chi connectivity index (χ3n) is 7.63. The van der Waals surface area contributed by atoms with Crippen LogP contribution < -0.4 is 11.1 Å². The zero-order valence-electron chi connectivity index (χ0n) is 22.1. The highest BCUT2D eigenvalue weighted by molar-refractivity contribution is 6.56. The number of ether oxygens (including phenoxy) is 1. The van der Waals surface area contributed by atoms with Crippen molar-refractivity contribution in [3.05, 3.63) is 94.7 Å². The molecule has 0 spiro atoms. The van der Waals surface area contributed by atoms with Gasteiger partial charge in [0.15, 0.2) is 0 Å². The van der Waals surface area contributed by atoms with Gasteiger partial charge >= 0.3 is 13.2 Å². The number of fused-ring (bicyclic) bond motifs is 3. The molecule has 196 valence electrons. The lowest BCUT2D eigenvalue weighted by molar-refractivity contribution is 0.00578. The van der Waals surface area contributed by atoms with Crippen molar-refractivity contribution >= 4 is 25.0 Å². The monoisotopic (exact) mass is 514 g/mol. The Morgan fingerprint density at radius 3 is 2.16 bits per heavy atom. The molecule has 0 radical (unpaired) electrons. The Labute approximate surface area is 223 Å². The first-order valence-electron chi connectivity index (χ1n) is 12.7. The van der Waals surface area contributed by atoms with Gasteiger partial charge in [0.2, 0.25) is 0 Å². The number of nitrogen functional groups attached to an aromatic ring is 1. The van der Waals surface area contributed by atoms with Gasteiger partial charge in [0.25, 0.3) is 0 Å². The minimum Gasteiger partial charge on any atom is -0.449 e. The van der Waals surface area contributed by atoms with Crippen LogP contribution >= 0.6 is 0 Å².